The summed E-state index contributed by atoms with van der Waals surface area (Å²) in [6.07, 6.45) is -11.5. The number of rotatable bonds is 5. The van der Waals surface area contributed by atoms with E-state index in [0.717, 1.165) is 0 Å². The van der Waals surface area contributed by atoms with Gasteiger partial charge >= 0.3 is 12.4 Å². The van der Waals surface area contributed by atoms with Gasteiger partial charge in [-0.1, -0.05) is 12.1 Å². The molecule has 0 radical (unpaired) electrons. The largest absolute Gasteiger partial charge is 0.416 e. The molecule has 2 aliphatic rings. The van der Waals surface area contributed by atoms with Gasteiger partial charge in [-0.25, -0.2) is 4.39 Å². The predicted octanol–water partition coefficient (Wildman–Crippen LogP) is 6.49. The Bertz CT molecular complexity index is 1140. The number of benzene rings is 2. The van der Waals surface area contributed by atoms with Crippen molar-refractivity contribution in [2.24, 2.45) is 5.92 Å². The van der Waals surface area contributed by atoms with Gasteiger partial charge in [-0.2, -0.15) is 26.3 Å². The fourth-order valence-electron chi connectivity index (χ4n) is 5.49. The van der Waals surface area contributed by atoms with Gasteiger partial charge in [-0.05, 0) is 74.6 Å². The highest BCUT2D eigenvalue weighted by Gasteiger charge is 2.51. The third-order valence-corrected chi connectivity index (χ3v) is 7.57. The Labute approximate surface area is 215 Å². The lowest BCUT2D eigenvalue weighted by atomic mass is 9.76. The number of piperidine rings is 1. The lowest BCUT2D eigenvalue weighted by molar-refractivity contribution is -0.144. The first kappa shape index (κ1) is 28.4. The maximum Gasteiger partial charge on any atom is 0.416 e. The van der Waals surface area contributed by atoms with Crippen LogP contribution in [0, 0.1) is 11.7 Å². The van der Waals surface area contributed by atoms with Crippen LogP contribution in [0.4, 0.5) is 30.7 Å². The number of fused-ring (bicyclic) bond motifs is 1. The Kier molecular flexibility index (Phi) is 7.33. The number of alkyl halides is 6. The molecule has 11 heteroatoms. The highest BCUT2D eigenvalue weighted by atomic mass is 19.4. The average Bonchev–Trinajstić information content (AvgIpc) is 3.16. The molecule has 2 unspecified atom stereocenters. The van der Waals surface area contributed by atoms with Crippen molar-refractivity contribution in [1.82, 2.24) is 4.90 Å². The summed E-state index contributed by atoms with van der Waals surface area (Å²) < 4.78 is 100. The van der Waals surface area contributed by atoms with E-state index >= 15 is 0 Å². The number of carbonyl (C=O) groups excluding carboxylic acids is 1. The minimum absolute atomic E-state index is 0.0551. The van der Waals surface area contributed by atoms with Gasteiger partial charge in [0.05, 0.1) is 28.9 Å². The second kappa shape index (κ2) is 9.82. The van der Waals surface area contributed by atoms with Crippen molar-refractivity contribution in [3.05, 3.63) is 70.5 Å². The van der Waals surface area contributed by atoms with E-state index in [1.54, 1.807) is 18.7 Å². The van der Waals surface area contributed by atoms with Gasteiger partial charge in [-0.3, -0.25) is 4.79 Å². The van der Waals surface area contributed by atoms with Gasteiger partial charge < -0.3 is 14.7 Å². The molecule has 0 aliphatic carbocycles. The molecule has 2 aliphatic heterocycles. The number of carbonyl (C=O) groups is 1. The molecular formula is C27H28F7NO3. The van der Waals surface area contributed by atoms with Crippen molar-refractivity contribution >= 4 is 5.91 Å². The molecule has 2 aromatic carbocycles. The van der Waals surface area contributed by atoms with Crippen molar-refractivity contribution in [3.8, 4) is 0 Å². The lowest BCUT2D eigenvalue weighted by Gasteiger charge is -2.41. The third-order valence-electron chi connectivity index (χ3n) is 7.57. The second-order valence-corrected chi connectivity index (χ2v) is 10.6. The molecule has 5 atom stereocenters. The van der Waals surface area contributed by atoms with Crippen LogP contribution in [0.1, 0.15) is 67.9 Å². The Morgan fingerprint density at radius 3 is 2.03 bits per heavy atom. The zero-order chi connectivity index (χ0) is 28.2. The molecule has 2 saturated heterocycles. The molecule has 0 saturated carbocycles. The van der Waals surface area contributed by atoms with Crippen LogP contribution in [0.2, 0.25) is 0 Å². The maximum atomic E-state index is 13.7. The summed E-state index contributed by atoms with van der Waals surface area (Å²) in [7, 11) is 0. The van der Waals surface area contributed by atoms with Gasteiger partial charge in [0.15, 0.2) is 0 Å². The minimum atomic E-state index is -5.00. The fraction of sp³-hybridized carbons (Fsp3) is 0.519. The zero-order valence-electron chi connectivity index (χ0n) is 20.9. The summed E-state index contributed by atoms with van der Waals surface area (Å²) in [6, 6.07) is 6.38. The summed E-state index contributed by atoms with van der Waals surface area (Å²) in [5, 5.41) is 10.6. The third kappa shape index (κ3) is 5.83. The van der Waals surface area contributed by atoms with E-state index in [2.05, 4.69) is 0 Å². The summed E-state index contributed by atoms with van der Waals surface area (Å²) in [5.74, 6) is -1.65. The first-order valence-electron chi connectivity index (χ1n) is 12.2. The molecule has 0 aromatic heterocycles. The molecule has 0 spiro atoms. The van der Waals surface area contributed by atoms with Crippen LogP contribution >= 0.6 is 0 Å². The van der Waals surface area contributed by atoms with Crippen LogP contribution in [-0.2, 0) is 21.9 Å². The van der Waals surface area contributed by atoms with E-state index in [1.165, 1.54) is 31.2 Å². The number of hydrogen-bond donors (Lipinski definition) is 1. The quantitative estimate of drug-likeness (QED) is 0.436. The molecule has 38 heavy (non-hydrogen) atoms. The highest BCUT2D eigenvalue weighted by molar-refractivity contribution is 5.78. The molecule has 208 valence electrons. The molecule has 2 aromatic rings. The second-order valence-electron chi connectivity index (χ2n) is 10.6. The van der Waals surface area contributed by atoms with Crippen LogP contribution < -0.4 is 0 Å². The van der Waals surface area contributed by atoms with Gasteiger partial charge in [0.25, 0.3) is 0 Å². The molecular weight excluding hydrogens is 519 g/mol. The van der Waals surface area contributed by atoms with Crippen LogP contribution in [0.5, 0.6) is 0 Å². The van der Waals surface area contributed by atoms with Crippen LogP contribution in [-0.4, -0.2) is 40.2 Å². The van der Waals surface area contributed by atoms with Crippen LogP contribution in [0.25, 0.3) is 0 Å². The zero-order valence-corrected chi connectivity index (χ0v) is 20.9. The molecule has 4 rings (SSSR count). The van der Waals surface area contributed by atoms with E-state index < -0.39 is 59.1 Å². The normalized spacial score (nSPS) is 25.4. The van der Waals surface area contributed by atoms with E-state index in [-0.39, 0.29) is 36.4 Å². The van der Waals surface area contributed by atoms with Crippen LogP contribution in [0.15, 0.2) is 42.5 Å². The number of ether oxygens (including phenoxy) is 1. The van der Waals surface area contributed by atoms with Crippen molar-refractivity contribution in [3.63, 3.8) is 0 Å². The van der Waals surface area contributed by atoms with Gasteiger partial charge in [0.2, 0.25) is 5.91 Å². The van der Waals surface area contributed by atoms with Crippen molar-refractivity contribution in [2.75, 3.05) is 6.54 Å². The van der Waals surface area contributed by atoms with E-state index in [9.17, 15) is 40.6 Å². The van der Waals surface area contributed by atoms with Crippen molar-refractivity contribution in [1.29, 1.82) is 0 Å². The molecule has 1 N–H and O–H groups in total. The fourth-order valence-corrected chi connectivity index (χ4v) is 5.49. The SMILES string of the molecule is C[C@@H](O[C@H]1CN2C(=O)CC(C(C)(C)O)C[C@H]2C1c1ccc(F)cc1)c1cc(C(F)(F)F)cc(C(F)(F)F)c1. The summed E-state index contributed by atoms with van der Waals surface area (Å²) >= 11 is 0. The van der Waals surface area contributed by atoms with Crippen molar-refractivity contribution < 1.29 is 45.4 Å². The predicted molar refractivity (Wildman–Crippen MR) is 123 cm³/mol. The standard InChI is InChI=1S/C27H28F7NO3/c1-14(16-8-18(26(29,30)31)10-19(9-16)27(32,33)34)38-22-13-35-21(11-17(12-23(35)36)25(2,3)37)24(22)15-4-6-20(28)7-5-15/h4-10,14,17,21-22,24,37H,11-13H2,1-3H3/t14-,17?,21+,22+,24?/m1/s1. The summed E-state index contributed by atoms with van der Waals surface area (Å²) in [5.41, 5.74) is -3.75. The highest BCUT2D eigenvalue weighted by Crippen LogP contribution is 2.46. The topological polar surface area (TPSA) is 49.8 Å². The first-order chi connectivity index (χ1) is 17.4. The lowest BCUT2D eigenvalue weighted by Crippen LogP contribution is -2.49. The number of hydrogen-bond acceptors (Lipinski definition) is 3. The maximum absolute atomic E-state index is 13.7. The summed E-state index contributed by atoms with van der Waals surface area (Å²) in [4.78, 5) is 14.6. The Morgan fingerprint density at radius 1 is 0.974 bits per heavy atom. The number of halogens is 7. The summed E-state index contributed by atoms with van der Waals surface area (Å²) in [6.45, 7) is 4.62. The van der Waals surface area contributed by atoms with Gasteiger partial charge in [0, 0.05) is 24.9 Å². The number of aliphatic hydroxyl groups is 1. The first-order valence-corrected chi connectivity index (χ1v) is 12.2. The number of nitrogens with zero attached hydrogens (tertiary/aromatic N) is 1. The van der Waals surface area contributed by atoms with Gasteiger partial charge in [-0.15, -0.1) is 0 Å². The van der Waals surface area contributed by atoms with Gasteiger partial charge in [0.1, 0.15) is 5.82 Å². The monoisotopic (exact) mass is 547 g/mol. The molecule has 0 bridgehead atoms. The molecule has 2 heterocycles. The minimum Gasteiger partial charge on any atom is -0.390 e. The van der Waals surface area contributed by atoms with Crippen molar-refractivity contribution in [2.45, 2.75) is 75.7 Å². The van der Waals surface area contributed by atoms with E-state index in [0.29, 0.717) is 24.1 Å². The Balaban J connectivity index is 1.70. The molecule has 2 fully saturated rings. The average molecular weight is 548 g/mol. The molecule has 1 amide bonds. The van der Waals surface area contributed by atoms with E-state index in [4.69, 9.17) is 4.74 Å². The molecule has 4 nitrogen and oxygen atoms in total. The Hall–Kier alpha value is -2.66. The number of amides is 1. The van der Waals surface area contributed by atoms with E-state index in [1.807, 2.05) is 0 Å². The Morgan fingerprint density at radius 2 is 1.53 bits per heavy atom. The smallest absolute Gasteiger partial charge is 0.390 e. The van der Waals surface area contributed by atoms with Crippen LogP contribution in [0.3, 0.4) is 0 Å².